The van der Waals surface area contributed by atoms with E-state index in [9.17, 15) is 9.59 Å². The third-order valence-corrected chi connectivity index (χ3v) is 6.03. The lowest BCUT2D eigenvalue weighted by Gasteiger charge is -2.29. The second-order valence-corrected chi connectivity index (χ2v) is 8.14. The lowest BCUT2D eigenvalue weighted by atomic mass is 9.85. The molecule has 1 aliphatic rings. The second kappa shape index (κ2) is 8.78. The molecule has 6 heteroatoms. The van der Waals surface area contributed by atoms with Gasteiger partial charge in [-0.25, -0.2) is 9.69 Å². The van der Waals surface area contributed by atoms with Crippen LogP contribution < -0.4 is 4.74 Å². The number of hydrogen-bond acceptors (Lipinski definition) is 4. The zero-order chi connectivity index (χ0) is 20.3. The van der Waals surface area contributed by atoms with Gasteiger partial charge in [0.05, 0.1) is 7.11 Å². The highest BCUT2D eigenvalue weighted by Crippen LogP contribution is 2.37. The topological polar surface area (TPSA) is 55.8 Å². The fraction of sp³-hybridized carbons (Fsp3) is 0.364. The van der Waals surface area contributed by atoms with Crippen LogP contribution in [0.4, 0.5) is 4.79 Å². The van der Waals surface area contributed by atoms with Gasteiger partial charge in [0.2, 0.25) is 5.91 Å². The standard InChI is InChI=1S/C22H24BrNO4/c1-14(2)19(16-9-11-17(27-3)12-10-16)20(23)21(25)24-18(13-28-22(24)26)15-7-5-4-6-8-15/h4-12,14,18-20H,13H2,1-3H3/t18-,19-,20+/m0/s1. The molecule has 0 bridgehead atoms. The van der Waals surface area contributed by atoms with E-state index < -0.39 is 17.0 Å². The van der Waals surface area contributed by atoms with Crippen molar-refractivity contribution in [1.82, 2.24) is 4.90 Å². The number of alkyl halides is 1. The molecule has 1 heterocycles. The van der Waals surface area contributed by atoms with E-state index in [1.807, 2.05) is 54.6 Å². The molecule has 3 rings (SSSR count). The van der Waals surface area contributed by atoms with Crippen molar-refractivity contribution in [3.63, 3.8) is 0 Å². The predicted octanol–water partition coefficient (Wildman–Crippen LogP) is 4.92. The third-order valence-electron chi connectivity index (χ3n) is 5.06. The molecule has 0 radical (unpaired) electrons. The average Bonchev–Trinajstić information content (AvgIpc) is 3.09. The van der Waals surface area contributed by atoms with E-state index in [1.165, 1.54) is 4.90 Å². The number of rotatable bonds is 6. The first-order chi connectivity index (χ1) is 13.4. The highest BCUT2D eigenvalue weighted by molar-refractivity contribution is 9.10. The van der Waals surface area contributed by atoms with Crippen molar-refractivity contribution in [2.24, 2.45) is 5.92 Å². The lowest BCUT2D eigenvalue weighted by Crippen LogP contribution is -2.42. The molecule has 2 aromatic rings. The third kappa shape index (κ3) is 4.07. The minimum atomic E-state index is -0.597. The van der Waals surface area contributed by atoms with Crippen LogP contribution in [0.1, 0.15) is 36.9 Å². The molecular weight excluding hydrogens is 422 g/mol. The molecule has 0 aromatic heterocycles. The van der Waals surface area contributed by atoms with Crippen molar-refractivity contribution in [2.75, 3.05) is 13.7 Å². The SMILES string of the molecule is COc1ccc([C@H](C(C)C)[C@@H](Br)C(=O)N2C(=O)OC[C@H]2c2ccccc2)cc1. The summed E-state index contributed by atoms with van der Waals surface area (Å²) >= 11 is 3.59. The first-order valence-electron chi connectivity index (χ1n) is 9.26. The van der Waals surface area contributed by atoms with Crippen molar-refractivity contribution in [1.29, 1.82) is 0 Å². The monoisotopic (exact) mass is 445 g/mol. The molecule has 0 N–H and O–H groups in total. The van der Waals surface area contributed by atoms with E-state index in [0.717, 1.165) is 16.9 Å². The highest BCUT2D eigenvalue weighted by atomic mass is 79.9. The van der Waals surface area contributed by atoms with E-state index in [2.05, 4.69) is 29.8 Å². The number of imide groups is 1. The molecule has 0 aliphatic carbocycles. The smallest absolute Gasteiger partial charge is 0.417 e. The molecular formula is C22H24BrNO4. The molecule has 3 atom stereocenters. The minimum Gasteiger partial charge on any atom is -0.497 e. The Kier molecular flexibility index (Phi) is 6.39. The van der Waals surface area contributed by atoms with Gasteiger partial charge < -0.3 is 9.47 Å². The zero-order valence-corrected chi connectivity index (χ0v) is 17.8. The molecule has 2 amide bonds. The Balaban J connectivity index is 1.88. The highest BCUT2D eigenvalue weighted by Gasteiger charge is 2.43. The van der Waals surface area contributed by atoms with Crippen LogP contribution in [0, 0.1) is 5.92 Å². The average molecular weight is 446 g/mol. The molecule has 1 fully saturated rings. The van der Waals surface area contributed by atoms with Crippen LogP contribution in [0.2, 0.25) is 0 Å². The molecule has 0 spiro atoms. The maximum atomic E-state index is 13.3. The van der Waals surface area contributed by atoms with E-state index in [1.54, 1.807) is 7.11 Å². The molecule has 0 saturated carbocycles. The number of amides is 2. The second-order valence-electron chi connectivity index (χ2n) is 7.16. The van der Waals surface area contributed by atoms with Crippen molar-refractivity contribution >= 4 is 27.9 Å². The summed E-state index contributed by atoms with van der Waals surface area (Å²) in [7, 11) is 1.62. The maximum absolute atomic E-state index is 13.3. The number of halogens is 1. The van der Waals surface area contributed by atoms with Crippen LogP contribution in [0.5, 0.6) is 5.75 Å². The number of benzene rings is 2. The van der Waals surface area contributed by atoms with E-state index in [0.29, 0.717) is 0 Å². The summed E-state index contributed by atoms with van der Waals surface area (Å²) in [4.78, 5) is 26.4. The minimum absolute atomic E-state index is 0.108. The van der Waals surface area contributed by atoms with Crippen molar-refractivity contribution in [3.8, 4) is 5.75 Å². The summed E-state index contributed by atoms with van der Waals surface area (Å²) in [5.74, 6) is 0.542. The number of methoxy groups -OCH3 is 1. The molecule has 1 saturated heterocycles. The summed E-state index contributed by atoms with van der Waals surface area (Å²) in [5.41, 5.74) is 1.89. The van der Waals surface area contributed by atoms with Gasteiger partial charge in [-0.2, -0.15) is 0 Å². The molecule has 28 heavy (non-hydrogen) atoms. The van der Waals surface area contributed by atoms with Crippen LogP contribution in [-0.2, 0) is 9.53 Å². The van der Waals surface area contributed by atoms with Crippen LogP contribution in [-0.4, -0.2) is 35.4 Å². The molecule has 0 unspecified atom stereocenters. The Morgan fingerprint density at radius 1 is 1.14 bits per heavy atom. The van der Waals surface area contributed by atoms with Crippen LogP contribution >= 0.6 is 15.9 Å². The van der Waals surface area contributed by atoms with Crippen LogP contribution in [0.15, 0.2) is 54.6 Å². The van der Waals surface area contributed by atoms with Crippen molar-refractivity contribution in [3.05, 3.63) is 65.7 Å². The van der Waals surface area contributed by atoms with E-state index >= 15 is 0 Å². The fourth-order valence-corrected chi connectivity index (χ4v) is 4.73. The molecule has 5 nitrogen and oxygen atoms in total. The molecule has 1 aliphatic heterocycles. The quantitative estimate of drug-likeness (QED) is 0.592. The number of carbonyl (C=O) groups is 2. The largest absolute Gasteiger partial charge is 0.497 e. The summed E-state index contributed by atoms with van der Waals surface area (Å²) in [5, 5.41) is 0. The van der Waals surface area contributed by atoms with Gasteiger partial charge in [-0.3, -0.25) is 4.79 Å². The fourth-order valence-electron chi connectivity index (χ4n) is 3.59. The normalized spacial score (nSPS) is 18.7. The number of cyclic esters (lactones) is 1. The summed E-state index contributed by atoms with van der Waals surface area (Å²) in [6.45, 7) is 4.30. The van der Waals surface area contributed by atoms with Gasteiger partial charge in [0.25, 0.3) is 0 Å². The van der Waals surface area contributed by atoms with Crippen LogP contribution in [0.25, 0.3) is 0 Å². The first-order valence-corrected chi connectivity index (χ1v) is 10.2. The van der Waals surface area contributed by atoms with Gasteiger partial charge in [0.1, 0.15) is 23.2 Å². The Hall–Kier alpha value is -2.34. The van der Waals surface area contributed by atoms with Crippen molar-refractivity contribution in [2.45, 2.75) is 30.6 Å². The number of carbonyl (C=O) groups excluding carboxylic acids is 2. The van der Waals surface area contributed by atoms with Crippen molar-refractivity contribution < 1.29 is 19.1 Å². The Morgan fingerprint density at radius 2 is 1.79 bits per heavy atom. The van der Waals surface area contributed by atoms with Crippen LogP contribution in [0.3, 0.4) is 0 Å². The lowest BCUT2D eigenvalue weighted by molar-refractivity contribution is -0.129. The number of nitrogens with zero attached hydrogens (tertiary/aromatic N) is 1. The van der Waals surface area contributed by atoms with Gasteiger partial charge in [-0.05, 0) is 29.2 Å². The zero-order valence-electron chi connectivity index (χ0n) is 16.2. The number of ether oxygens (including phenoxy) is 2. The Bertz CT molecular complexity index is 822. The summed E-state index contributed by atoms with van der Waals surface area (Å²) in [6, 6.07) is 16.8. The van der Waals surface area contributed by atoms with Gasteiger partial charge in [0.15, 0.2) is 0 Å². The van der Waals surface area contributed by atoms with E-state index in [4.69, 9.17) is 9.47 Å². The Labute approximate surface area is 173 Å². The van der Waals surface area contributed by atoms with Gasteiger partial charge in [-0.1, -0.05) is 72.2 Å². The van der Waals surface area contributed by atoms with Gasteiger partial charge in [-0.15, -0.1) is 0 Å². The maximum Gasteiger partial charge on any atom is 0.417 e. The van der Waals surface area contributed by atoms with Gasteiger partial charge in [0, 0.05) is 5.92 Å². The summed E-state index contributed by atoms with van der Waals surface area (Å²) < 4.78 is 10.4. The number of hydrogen-bond donors (Lipinski definition) is 0. The predicted molar refractivity (Wildman–Crippen MR) is 111 cm³/mol. The molecule has 148 valence electrons. The Morgan fingerprint density at radius 3 is 2.36 bits per heavy atom. The molecule has 2 aromatic carbocycles. The summed E-state index contributed by atoms with van der Waals surface area (Å²) in [6.07, 6.45) is -0.597. The van der Waals surface area contributed by atoms with Gasteiger partial charge >= 0.3 is 6.09 Å². The first kappa shape index (κ1) is 20.4. The van der Waals surface area contributed by atoms with E-state index in [-0.39, 0.29) is 24.3 Å².